The van der Waals surface area contributed by atoms with E-state index in [9.17, 15) is 0 Å². The van der Waals surface area contributed by atoms with E-state index in [4.69, 9.17) is 0 Å². The topological polar surface area (TPSA) is 0 Å². The first kappa shape index (κ1) is 10.2. The van der Waals surface area contributed by atoms with Crippen LogP contribution in [0.3, 0.4) is 0 Å². The van der Waals surface area contributed by atoms with Crippen LogP contribution < -0.4 is 0 Å². The Morgan fingerprint density at radius 3 is 2.45 bits per heavy atom. The van der Waals surface area contributed by atoms with Crippen LogP contribution in [-0.4, -0.2) is 0 Å². The minimum atomic E-state index is 0.975. The molecule has 0 heterocycles. The Morgan fingerprint density at radius 1 is 1.36 bits per heavy atom. The molecule has 0 spiro atoms. The van der Waals surface area contributed by atoms with Crippen LogP contribution in [0.4, 0.5) is 0 Å². The highest BCUT2D eigenvalue weighted by Crippen LogP contribution is 2.05. The molecule has 0 N–H and O–H groups in total. The third-order valence-electron chi connectivity index (χ3n) is 1.39. The molecule has 0 saturated heterocycles. The maximum absolute atomic E-state index is 3.92. The molecule has 0 heteroatoms. The summed E-state index contributed by atoms with van der Waals surface area (Å²) in [5.74, 6) is 0. The van der Waals surface area contributed by atoms with Gasteiger partial charge in [-0.2, -0.15) is 0 Å². The third kappa shape index (κ3) is 7.11. The van der Waals surface area contributed by atoms with Gasteiger partial charge in [0.25, 0.3) is 0 Å². The van der Waals surface area contributed by atoms with Gasteiger partial charge in [-0.05, 0) is 19.8 Å². The highest BCUT2D eigenvalue weighted by molar-refractivity contribution is 5.15. The Bertz CT molecular complexity index is 161. The predicted molar refractivity (Wildman–Crippen MR) is 52.6 cm³/mol. The minimum absolute atomic E-state index is 0.975. The number of hydrogen-bond donors (Lipinski definition) is 0. The summed E-state index contributed by atoms with van der Waals surface area (Å²) in [6, 6.07) is 0. The van der Waals surface area contributed by atoms with Gasteiger partial charge in [0.1, 0.15) is 0 Å². The summed E-state index contributed by atoms with van der Waals surface area (Å²) in [5.41, 5.74) is 2.42. The van der Waals surface area contributed by atoms with E-state index in [0.29, 0.717) is 0 Å². The molecule has 0 aliphatic heterocycles. The Hall–Kier alpha value is -0.780. The lowest BCUT2D eigenvalue weighted by atomic mass is 10.1. The van der Waals surface area contributed by atoms with Crippen molar-refractivity contribution >= 4 is 0 Å². The monoisotopic (exact) mass is 150 g/mol. The van der Waals surface area contributed by atoms with Gasteiger partial charge in [0.05, 0.1) is 0 Å². The predicted octanol–water partition coefficient (Wildman–Crippen LogP) is 3.87. The zero-order valence-electron chi connectivity index (χ0n) is 7.69. The van der Waals surface area contributed by atoms with Gasteiger partial charge in [0.15, 0.2) is 0 Å². The Balaban J connectivity index is 3.56. The fourth-order valence-electron chi connectivity index (χ4n) is 0.831. The molecule has 0 aromatic heterocycles. The van der Waals surface area contributed by atoms with E-state index in [1.165, 1.54) is 17.6 Å². The van der Waals surface area contributed by atoms with Crippen LogP contribution in [0.25, 0.3) is 0 Å². The van der Waals surface area contributed by atoms with E-state index in [-0.39, 0.29) is 0 Å². The molecule has 0 atom stereocenters. The van der Waals surface area contributed by atoms with E-state index < -0.39 is 0 Å². The van der Waals surface area contributed by atoms with Crippen LogP contribution >= 0.6 is 0 Å². The minimum Gasteiger partial charge on any atom is -0.0998 e. The molecule has 11 heavy (non-hydrogen) atoms. The van der Waals surface area contributed by atoms with Crippen LogP contribution in [0.2, 0.25) is 0 Å². The standard InChI is InChI=1S/C11H18/c1-5-7-11(4)9-6-8-10(2)3/h6,9H,2,4-5,7-8H2,1,3H3. The Morgan fingerprint density at radius 2 is 2.00 bits per heavy atom. The number of allylic oxidation sites excluding steroid dienone is 4. The average molecular weight is 150 g/mol. The molecule has 0 aromatic rings. The molecule has 0 aliphatic rings. The molecule has 0 aromatic carbocycles. The second kappa shape index (κ2) is 5.96. The summed E-state index contributed by atoms with van der Waals surface area (Å²) < 4.78 is 0. The van der Waals surface area contributed by atoms with Crippen molar-refractivity contribution in [3.63, 3.8) is 0 Å². The average Bonchev–Trinajstić information content (AvgIpc) is 1.87. The molecule has 0 nitrogen and oxygen atoms in total. The summed E-state index contributed by atoms with van der Waals surface area (Å²) in [6.45, 7) is 11.9. The smallest absolute Gasteiger partial charge is 0.0141 e. The van der Waals surface area contributed by atoms with E-state index in [0.717, 1.165) is 12.8 Å². The van der Waals surface area contributed by atoms with Crippen LogP contribution in [-0.2, 0) is 0 Å². The largest absolute Gasteiger partial charge is 0.0998 e. The van der Waals surface area contributed by atoms with Crippen LogP contribution in [0.5, 0.6) is 0 Å². The van der Waals surface area contributed by atoms with Gasteiger partial charge in [-0.1, -0.05) is 49.8 Å². The lowest BCUT2D eigenvalue weighted by Gasteiger charge is -1.94. The first-order chi connectivity index (χ1) is 5.16. The molecule has 0 saturated carbocycles. The lowest BCUT2D eigenvalue weighted by molar-refractivity contribution is 0.928. The van der Waals surface area contributed by atoms with E-state index in [2.05, 4.69) is 32.2 Å². The molecule has 0 radical (unpaired) electrons. The van der Waals surface area contributed by atoms with E-state index >= 15 is 0 Å². The van der Waals surface area contributed by atoms with Gasteiger partial charge in [0, 0.05) is 0 Å². The van der Waals surface area contributed by atoms with E-state index in [1.54, 1.807) is 0 Å². The molecular weight excluding hydrogens is 132 g/mol. The maximum atomic E-state index is 3.92. The van der Waals surface area contributed by atoms with Crippen molar-refractivity contribution in [2.75, 3.05) is 0 Å². The van der Waals surface area contributed by atoms with Crippen LogP contribution in [0.15, 0.2) is 36.5 Å². The lowest BCUT2D eigenvalue weighted by Crippen LogP contribution is -1.74. The highest BCUT2D eigenvalue weighted by atomic mass is 13.9. The summed E-state index contributed by atoms with van der Waals surface area (Å²) in [7, 11) is 0. The summed E-state index contributed by atoms with van der Waals surface area (Å²) in [5, 5.41) is 0. The van der Waals surface area contributed by atoms with Gasteiger partial charge in [-0.3, -0.25) is 0 Å². The van der Waals surface area contributed by atoms with Gasteiger partial charge < -0.3 is 0 Å². The zero-order chi connectivity index (χ0) is 8.69. The van der Waals surface area contributed by atoms with E-state index in [1.807, 2.05) is 6.92 Å². The second-order valence-corrected chi connectivity index (χ2v) is 2.97. The number of rotatable bonds is 5. The molecule has 0 fully saturated rings. The first-order valence-electron chi connectivity index (χ1n) is 4.15. The molecule has 0 amide bonds. The summed E-state index contributed by atoms with van der Waals surface area (Å²) >= 11 is 0. The number of hydrogen-bond acceptors (Lipinski definition) is 0. The maximum Gasteiger partial charge on any atom is -0.0141 e. The first-order valence-corrected chi connectivity index (χ1v) is 4.15. The van der Waals surface area contributed by atoms with Crippen molar-refractivity contribution in [1.82, 2.24) is 0 Å². The van der Waals surface area contributed by atoms with Crippen molar-refractivity contribution in [3.8, 4) is 0 Å². The van der Waals surface area contributed by atoms with Gasteiger partial charge in [-0.25, -0.2) is 0 Å². The molecule has 0 aliphatic carbocycles. The third-order valence-corrected chi connectivity index (χ3v) is 1.39. The van der Waals surface area contributed by atoms with Gasteiger partial charge in [0.2, 0.25) is 0 Å². The summed E-state index contributed by atoms with van der Waals surface area (Å²) in [4.78, 5) is 0. The molecule has 62 valence electrons. The quantitative estimate of drug-likeness (QED) is 0.412. The second-order valence-electron chi connectivity index (χ2n) is 2.97. The molecular formula is C11H18. The SMILES string of the molecule is C=C(C)CC=CC(=C)CCC. The fourth-order valence-corrected chi connectivity index (χ4v) is 0.831. The van der Waals surface area contributed by atoms with Crippen LogP contribution in [0.1, 0.15) is 33.1 Å². The zero-order valence-corrected chi connectivity index (χ0v) is 7.69. The van der Waals surface area contributed by atoms with Crippen molar-refractivity contribution in [1.29, 1.82) is 0 Å². The normalized spacial score (nSPS) is 10.4. The van der Waals surface area contributed by atoms with Crippen molar-refractivity contribution < 1.29 is 0 Å². The van der Waals surface area contributed by atoms with Gasteiger partial charge in [-0.15, -0.1) is 0 Å². The molecule has 0 bridgehead atoms. The van der Waals surface area contributed by atoms with Gasteiger partial charge >= 0.3 is 0 Å². The Kier molecular flexibility index (Phi) is 5.54. The van der Waals surface area contributed by atoms with Crippen molar-refractivity contribution in [3.05, 3.63) is 36.5 Å². The highest BCUT2D eigenvalue weighted by Gasteiger charge is 1.84. The van der Waals surface area contributed by atoms with Crippen LogP contribution in [0, 0.1) is 0 Å². The Labute approximate surface area is 70.3 Å². The molecule has 0 unspecified atom stereocenters. The fraction of sp³-hybridized carbons (Fsp3) is 0.455. The van der Waals surface area contributed by atoms with Crippen molar-refractivity contribution in [2.45, 2.75) is 33.1 Å². The summed E-state index contributed by atoms with van der Waals surface area (Å²) in [6.07, 6.45) is 7.48. The van der Waals surface area contributed by atoms with Crippen molar-refractivity contribution in [2.24, 2.45) is 0 Å². The molecule has 0 rings (SSSR count).